The first-order valence-corrected chi connectivity index (χ1v) is 7.03. The van der Waals surface area contributed by atoms with Crippen LogP contribution in [0.2, 0.25) is 0 Å². The number of ketones is 1. The van der Waals surface area contributed by atoms with Gasteiger partial charge >= 0.3 is 0 Å². The number of rotatable bonds is 9. The summed E-state index contributed by atoms with van der Waals surface area (Å²) >= 11 is 5.61. The van der Waals surface area contributed by atoms with E-state index >= 15 is 0 Å². The van der Waals surface area contributed by atoms with Crippen LogP contribution in [0.3, 0.4) is 0 Å². The van der Waals surface area contributed by atoms with Gasteiger partial charge < -0.3 is 4.74 Å². The molecule has 0 saturated heterocycles. The molecule has 0 heterocycles. The fourth-order valence-electron chi connectivity index (χ4n) is 1.73. The number of benzene rings is 1. The molecule has 0 amide bonds. The van der Waals surface area contributed by atoms with Crippen molar-refractivity contribution in [2.45, 2.75) is 39.0 Å². The highest BCUT2D eigenvalue weighted by molar-refractivity contribution is 6.17. The van der Waals surface area contributed by atoms with Crippen LogP contribution in [0.4, 0.5) is 0 Å². The molecule has 0 spiro atoms. The molecule has 100 valence electrons. The molecule has 0 aliphatic rings. The van der Waals surface area contributed by atoms with Crippen LogP contribution in [-0.4, -0.2) is 18.3 Å². The van der Waals surface area contributed by atoms with Gasteiger partial charge in [-0.3, -0.25) is 4.79 Å². The van der Waals surface area contributed by atoms with E-state index in [0.717, 1.165) is 43.1 Å². The zero-order valence-corrected chi connectivity index (χ0v) is 11.7. The molecule has 0 radical (unpaired) electrons. The molecule has 18 heavy (non-hydrogen) atoms. The highest BCUT2D eigenvalue weighted by Gasteiger charge is 1.98. The van der Waals surface area contributed by atoms with Crippen LogP contribution in [0.1, 0.15) is 38.2 Å². The smallest absolute Gasteiger partial charge is 0.134 e. The Labute approximate surface area is 114 Å². The number of hydrogen-bond acceptors (Lipinski definition) is 2. The van der Waals surface area contributed by atoms with Crippen LogP contribution in [0.5, 0.6) is 5.75 Å². The van der Waals surface area contributed by atoms with Crippen molar-refractivity contribution in [2.24, 2.45) is 0 Å². The quantitative estimate of drug-likeness (QED) is 0.500. The third kappa shape index (κ3) is 6.65. The van der Waals surface area contributed by atoms with Crippen molar-refractivity contribution < 1.29 is 9.53 Å². The second-order valence-electron chi connectivity index (χ2n) is 4.47. The molecule has 0 aromatic heterocycles. The van der Waals surface area contributed by atoms with E-state index in [1.165, 1.54) is 6.42 Å². The first-order chi connectivity index (χ1) is 8.72. The first-order valence-electron chi connectivity index (χ1n) is 6.49. The highest BCUT2D eigenvalue weighted by Crippen LogP contribution is 2.13. The Morgan fingerprint density at radius 2 is 1.78 bits per heavy atom. The molecule has 2 nitrogen and oxygen atoms in total. The maximum Gasteiger partial charge on any atom is 0.134 e. The van der Waals surface area contributed by atoms with Gasteiger partial charge in [-0.1, -0.05) is 25.0 Å². The number of halogens is 1. The number of Topliss-reactive ketones (excluding diaryl/α,β-unsaturated/α-hetero) is 1. The van der Waals surface area contributed by atoms with E-state index in [2.05, 4.69) is 0 Å². The number of alkyl halides is 1. The van der Waals surface area contributed by atoms with Crippen LogP contribution in [-0.2, 0) is 11.2 Å². The van der Waals surface area contributed by atoms with E-state index in [1.54, 1.807) is 6.92 Å². The molecule has 1 aromatic carbocycles. The van der Waals surface area contributed by atoms with Crippen LogP contribution in [0.25, 0.3) is 0 Å². The number of ether oxygens (including phenoxy) is 1. The van der Waals surface area contributed by atoms with E-state index in [4.69, 9.17) is 16.3 Å². The molecule has 3 heteroatoms. The second kappa shape index (κ2) is 8.98. The van der Waals surface area contributed by atoms with Gasteiger partial charge in [0.1, 0.15) is 11.5 Å². The lowest BCUT2D eigenvalue weighted by Gasteiger charge is -2.06. The zero-order valence-electron chi connectivity index (χ0n) is 11.0. The maximum absolute atomic E-state index is 11.0. The monoisotopic (exact) mass is 268 g/mol. The van der Waals surface area contributed by atoms with Crippen molar-refractivity contribution in [3.63, 3.8) is 0 Å². The number of carbonyl (C=O) groups excluding carboxylic acids is 1. The summed E-state index contributed by atoms with van der Waals surface area (Å²) in [6.07, 6.45) is 4.98. The molecular weight excluding hydrogens is 248 g/mol. The predicted molar refractivity (Wildman–Crippen MR) is 75.5 cm³/mol. The minimum absolute atomic E-state index is 0.183. The Hall–Kier alpha value is -1.02. The summed E-state index contributed by atoms with van der Waals surface area (Å²) in [6.45, 7) is 2.35. The van der Waals surface area contributed by atoms with Gasteiger partial charge in [0.25, 0.3) is 0 Å². The fraction of sp³-hybridized carbons (Fsp3) is 0.533. The van der Waals surface area contributed by atoms with Gasteiger partial charge in [0, 0.05) is 12.3 Å². The fourth-order valence-corrected chi connectivity index (χ4v) is 1.92. The summed E-state index contributed by atoms with van der Waals surface area (Å²) in [4.78, 5) is 11.0. The van der Waals surface area contributed by atoms with Gasteiger partial charge in [-0.2, -0.15) is 0 Å². The molecule has 0 bridgehead atoms. The zero-order chi connectivity index (χ0) is 13.2. The van der Waals surface area contributed by atoms with Crippen molar-refractivity contribution in [1.82, 2.24) is 0 Å². The molecule has 0 aliphatic heterocycles. The average molecular weight is 269 g/mol. The van der Waals surface area contributed by atoms with Crippen LogP contribution in [0.15, 0.2) is 24.3 Å². The van der Waals surface area contributed by atoms with Gasteiger partial charge in [0.2, 0.25) is 0 Å². The van der Waals surface area contributed by atoms with Gasteiger partial charge in [-0.05, 0) is 37.5 Å². The summed E-state index contributed by atoms with van der Waals surface area (Å²) in [7, 11) is 0. The molecule has 0 saturated carbocycles. The summed E-state index contributed by atoms with van der Waals surface area (Å²) in [5, 5.41) is 0. The predicted octanol–water partition coefficient (Wildman–Crippen LogP) is 4.00. The largest absolute Gasteiger partial charge is 0.494 e. The number of hydrogen-bond donors (Lipinski definition) is 0. The lowest BCUT2D eigenvalue weighted by atomic mass is 10.1. The van der Waals surface area contributed by atoms with Gasteiger partial charge in [0.15, 0.2) is 0 Å². The van der Waals surface area contributed by atoms with Crippen LogP contribution in [0, 0.1) is 0 Å². The van der Waals surface area contributed by atoms with Gasteiger partial charge in [-0.15, -0.1) is 11.6 Å². The van der Waals surface area contributed by atoms with Gasteiger partial charge in [-0.25, -0.2) is 0 Å². The van der Waals surface area contributed by atoms with E-state index in [-0.39, 0.29) is 5.78 Å². The molecule has 0 aliphatic carbocycles. The van der Waals surface area contributed by atoms with Crippen molar-refractivity contribution in [2.75, 3.05) is 12.5 Å². The van der Waals surface area contributed by atoms with Crippen molar-refractivity contribution in [1.29, 1.82) is 0 Å². The Balaban J connectivity index is 2.20. The second-order valence-corrected chi connectivity index (χ2v) is 4.85. The topological polar surface area (TPSA) is 26.3 Å². The molecule has 0 fully saturated rings. The average Bonchev–Trinajstić information content (AvgIpc) is 2.35. The summed E-state index contributed by atoms with van der Waals surface area (Å²) < 4.78 is 5.63. The van der Waals surface area contributed by atoms with Crippen molar-refractivity contribution >= 4 is 17.4 Å². The Morgan fingerprint density at radius 1 is 1.11 bits per heavy atom. The summed E-state index contributed by atoms with van der Waals surface area (Å²) in [5.74, 6) is 1.81. The van der Waals surface area contributed by atoms with E-state index in [1.807, 2.05) is 24.3 Å². The van der Waals surface area contributed by atoms with E-state index in [0.29, 0.717) is 6.42 Å². The SMILES string of the molecule is CC(=O)Cc1ccc(OCCCCCCCl)cc1. The lowest BCUT2D eigenvalue weighted by molar-refractivity contribution is -0.116. The highest BCUT2D eigenvalue weighted by atomic mass is 35.5. The third-order valence-corrected chi connectivity index (χ3v) is 2.94. The molecule has 1 rings (SSSR count). The molecule has 0 N–H and O–H groups in total. The third-order valence-electron chi connectivity index (χ3n) is 2.67. The van der Waals surface area contributed by atoms with E-state index in [9.17, 15) is 4.79 Å². The Bertz CT molecular complexity index is 346. The number of carbonyl (C=O) groups is 1. The number of unbranched alkanes of at least 4 members (excludes halogenated alkanes) is 3. The minimum atomic E-state index is 0.183. The molecule has 1 aromatic rings. The molecular formula is C15H21ClO2. The summed E-state index contributed by atoms with van der Waals surface area (Å²) in [6, 6.07) is 7.75. The first kappa shape index (κ1) is 15.0. The molecule has 0 atom stereocenters. The van der Waals surface area contributed by atoms with Crippen LogP contribution < -0.4 is 4.74 Å². The van der Waals surface area contributed by atoms with Crippen molar-refractivity contribution in [3.05, 3.63) is 29.8 Å². The van der Waals surface area contributed by atoms with E-state index < -0.39 is 0 Å². The van der Waals surface area contributed by atoms with Gasteiger partial charge in [0.05, 0.1) is 6.61 Å². The maximum atomic E-state index is 11.0. The van der Waals surface area contributed by atoms with Crippen LogP contribution >= 0.6 is 11.6 Å². The lowest BCUT2D eigenvalue weighted by Crippen LogP contribution is -1.99. The standard InChI is InChI=1S/C15H21ClO2/c1-13(17)12-14-6-8-15(9-7-14)18-11-5-3-2-4-10-16/h6-9H,2-5,10-12H2,1H3. The van der Waals surface area contributed by atoms with Crippen molar-refractivity contribution in [3.8, 4) is 5.75 Å². The normalized spacial score (nSPS) is 10.3. The Kier molecular flexibility index (Phi) is 7.51. The Morgan fingerprint density at radius 3 is 2.39 bits per heavy atom. The minimum Gasteiger partial charge on any atom is -0.494 e. The molecule has 0 unspecified atom stereocenters. The summed E-state index contributed by atoms with van der Waals surface area (Å²) in [5.41, 5.74) is 1.04.